The monoisotopic (exact) mass is 307 g/mol. The van der Waals surface area contributed by atoms with Crippen molar-refractivity contribution in [2.75, 3.05) is 38.5 Å². The molecule has 2 amide bonds. The number of nitrogens with one attached hydrogen (secondary N) is 1. The third-order valence-corrected chi connectivity index (χ3v) is 4.15. The molecule has 1 atom stereocenters. The van der Waals surface area contributed by atoms with Gasteiger partial charge in [-0.05, 0) is 13.1 Å². The summed E-state index contributed by atoms with van der Waals surface area (Å²) in [4.78, 5) is 27.5. The van der Waals surface area contributed by atoms with Crippen LogP contribution in [-0.2, 0) is 16.1 Å². The molecular weight excluding hydrogens is 282 g/mol. The van der Waals surface area contributed by atoms with Crippen LogP contribution >= 0.6 is 0 Å². The van der Waals surface area contributed by atoms with Gasteiger partial charge in [0.25, 0.3) is 0 Å². The zero-order chi connectivity index (χ0) is 16.1. The summed E-state index contributed by atoms with van der Waals surface area (Å²) in [6.45, 7) is 8.53. The first-order valence-electron chi connectivity index (χ1n) is 7.83. The van der Waals surface area contributed by atoms with Crippen molar-refractivity contribution < 1.29 is 9.59 Å². The Kier molecular flexibility index (Phi) is 5.54. The summed E-state index contributed by atoms with van der Waals surface area (Å²) in [5.74, 6) is -0.354. The Bertz CT molecular complexity index is 524. The fourth-order valence-electron chi connectivity index (χ4n) is 2.62. The minimum atomic E-state index is -0.267. The summed E-state index contributed by atoms with van der Waals surface area (Å²) in [6, 6.07) is 0. The molecule has 1 aliphatic rings. The number of carbonyl (C=O) groups is 2. The standard InChI is InChI=1S/C15H25N5O2/c1-4-19(5-2)6-7-20-11-13(9-16-20)17-15(22)12-8-14(21)18(3)10-12/h9,11-12H,4-8,10H2,1-3H3,(H,17,22). The minimum absolute atomic E-state index is 0.0232. The third-order valence-electron chi connectivity index (χ3n) is 4.15. The second kappa shape index (κ2) is 7.40. The zero-order valence-electron chi connectivity index (χ0n) is 13.6. The Balaban J connectivity index is 1.84. The summed E-state index contributed by atoms with van der Waals surface area (Å²) in [7, 11) is 1.72. The first kappa shape index (κ1) is 16.5. The molecule has 7 heteroatoms. The zero-order valence-corrected chi connectivity index (χ0v) is 13.6. The summed E-state index contributed by atoms with van der Waals surface area (Å²) in [5.41, 5.74) is 0.687. The van der Waals surface area contributed by atoms with E-state index < -0.39 is 0 Å². The minimum Gasteiger partial charge on any atom is -0.345 e. The molecule has 0 radical (unpaired) electrons. The van der Waals surface area contributed by atoms with Gasteiger partial charge in [-0.25, -0.2) is 0 Å². The van der Waals surface area contributed by atoms with Crippen molar-refractivity contribution in [3.63, 3.8) is 0 Å². The lowest BCUT2D eigenvalue weighted by Crippen LogP contribution is -2.27. The maximum Gasteiger partial charge on any atom is 0.229 e. The van der Waals surface area contributed by atoms with E-state index in [9.17, 15) is 9.59 Å². The van der Waals surface area contributed by atoms with E-state index in [1.54, 1.807) is 18.1 Å². The molecule has 1 unspecified atom stereocenters. The number of hydrogen-bond acceptors (Lipinski definition) is 4. The average Bonchev–Trinajstić information content (AvgIpc) is 3.07. The molecule has 122 valence electrons. The van der Waals surface area contributed by atoms with Gasteiger partial charge in [0.1, 0.15) is 0 Å². The average molecular weight is 307 g/mol. The van der Waals surface area contributed by atoms with Crippen molar-refractivity contribution in [1.82, 2.24) is 19.6 Å². The molecular formula is C15H25N5O2. The molecule has 1 aromatic rings. The van der Waals surface area contributed by atoms with Gasteiger partial charge in [-0.15, -0.1) is 0 Å². The van der Waals surface area contributed by atoms with Crippen LogP contribution in [0.25, 0.3) is 0 Å². The molecule has 1 aromatic heterocycles. The normalized spacial score (nSPS) is 18.3. The third kappa shape index (κ3) is 4.07. The van der Waals surface area contributed by atoms with Gasteiger partial charge in [0, 0.05) is 32.8 Å². The van der Waals surface area contributed by atoms with Crippen LogP contribution in [0, 0.1) is 5.92 Å². The number of likely N-dealkylation sites (tertiary alicyclic amines) is 1. The van der Waals surface area contributed by atoms with Crippen molar-refractivity contribution in [2.45, 2.75) is 26.8 Å². The molecule has 1 N–H and O–H groups in total. The molecule has 2 rings (SSSR count). The van der Waals surface area contributed by atoms with Gasteiger partial charge in [0.2, 0.25) is 11.8 Å². The van der Waals surface area contributed by atoms with Gasteiger partial charge >= 0.3 is 0 Å². The molecule has 0 aliphatic carbocycles. The fourth-order valence-corrected chi connectivity index (χ4v) is 2.62. The Morgan fingerprint density at radius 1 is 1.45 bits per heavy atom. The number of carbonyl (C=O) groups excluding carboxylic acids is 2. The Labute approximate surface area is 131 Å². The van der Waals surface area contributed by atoms with Crippen LogP contribution in [0.3, 0.4) is 0 Å². The predicted octanol–water partition coefficient (Wildman–Crippen LogP) is 0.642. The van der Waals surface area contributed by atoms with Crippen molar-refractivity contribution in [3.05, 3.63) is 12.4 Å². The van der Waals surface area contributed by atoms with Gasteiger partial charge in [-0.2, -0.15) is 5.10 Å². The van der Waals surface area contributed by atoms with Crippen molar-refractivity contribution in [3.8, 4) is 0 Å². The fraction of sp³-hybridized carbons (Fsp3) is 0.667. The smallest absolute Gasteiger partial charge is 0.229 e. The summed E-state index contributed by atoms with van der Waals surface area (Å²) >= 11 is 0. The van der Waals surface area contributed by atoms with Crippen LogP contribution in [0.5, 0.6) is 0 Å². The molecule has 0 bridgehead atoms. The molecule has 2 heterocycles. The van der Waals surface area contributed by atoms with E-state index in [0.29, 0.717) is 18.7 Å². The van der Waals surface area contributed by atoms with Gasteiger partial charge in [-0.1, -0.05) is 13.8 Å². The molecule has 0 saturated carbocycles. The lowest BCUT2D eigenvalue weighted by atomic mass is 10.1. The van der Waals surface area contributed by atoms with E-state index in [2.05, 4.69) is 29.2 Å². The van der Waals surface area contributed by atoms with Gasteiger partial charge in [0.15, 0.2) is 0 Å². The number of rotatable bonds is 7. The number of aromatic nitrogens is 2. The van der Waals surface area contributed by atoms with E-state index in [-0.39, 0.29) is 17.7 Å². The van der Waals surface area contributed by atoms with Crippen LogP contribution in [0.1, 0.15) is 20.3 Å². The van der Waals surface area contributed by atoms with E-state index in [4.69, 9.17) is 0 Å². The summed E-state index contributed by atoms with van der Waals surface area (Å²) in [6.07, 6.45) is 3.78. The Morgan fingerprint density at radius 2 is 2.18 bits per heavy atom. The first-order valence-corrected chi connectivity index (χ1v) is 7.83. The van der Waals surface area contributed by atoms with E-state index in [1.807, 2.05) is 10.9 Å². The lowest BCUT2D eigenvalue weighted by molar-refractivity contribution is -0.127. The highest BCUT2D eigenvalue weighted by Gasteiger charge is 2.32. The quantitative estimate of drug-likeness (QED) is 0.802. The van der Waals surface area contributed by atoms with Crippen molar-refractivity contribution >= 4 is 17.5 Å². The van der Waals surface area contributed by atoms with Crippen LogP contribution in [0.2, 0.25) is 0 Å². The van der Waals surface area contributed by atoms with Crippen LogP contribution in [0.15, 0.2) is 12.4 Å². The molecule has 7 nitrogen and oxygen atoms in total. The highest BCUT2D eigenvalue weighted by molar-refractivity contribution is 5.96. The summed E-state index contributed by atoms with van der Waals surface area (Å²) in [5, 5.41) is 7.11. The lowest BCUT2D eigenvalue weighted by Gasteiger charge is -2.17. The van der Waals surface area contributed by atoms with Gasteiger partial charge in [0.05, 0.1) is 24.3 Å². The number of nitrogens with zero attached hydrogens (tertiary/aromatic N) is 4. The number of hydrogen-bond donors (Lipinski definition) is 1. The van der Waals surface area contributed by atoms with Crippen molar-refractivity contribution in [1.29, 1.82) is 0 Å². The van der Waals surface area contributed by atoms with Crippen molar-refractivity contribution in [2.24, 2.45) is 5.92 Å². The predicted molar refractivity (Wildman–Crippen MR) is 84.4 cm³/mol. The van der Waals surface area contributed by atoms with Gasteiger partial charge in [-0.3, -0.25) is 14.3 Å². The van der Waals surface area contributed by atoms with Crippen LogP contribution in [0.4, 0.5) is 5.69 Å². The highest BCUT2D eigenvalue weighted by atomic mass is 16.2. The van der Waals surface area contributed by atoms with E-state index in [0.717, 1.165) is 26.2 Å². The Hall–Kier alpha value is -1.89. The van der Waals surface area contributed by atoms with E-state index >= 15 is 0 Å². The Morgan fingerprint density at radius 3 is 2.77 bits per heavy atom. The number of likely N-dealkylation sites (N-methyl/N-ethyl adjacent to an activating group) is 1. The summed E-state index contributed by atoms with van der Waals surface area (Å²) < 4.78 is 1.83. The highest BCUT2D eigenvalue weighted by Crippen LogP contribution is 2.18. The maximum absolute atomic E-state index is 12.1. The number of amides is 2. The number of anilines is 1. The first-order chi connectivity index (χ1) is 10.5. The largest absolute Gasteiger partial charge is 0.345 e. The maximum atomic E-state index is 12.1. The SMILES string of the molecule is CCN(CC)CCn1cc(NC(=O)C2CC(=O)N(C)C2)cn1. The second-order valence-electron chi connectivity index (χ2n) is 5.68. The van der Waals surface area contributed by atoms with E-state index in [1.165, 1.54) is 0 Å². The molecule has 22 heavy (non-hydrogen) atoms. The molecule has 1 aliphatic heterocycles. The van der Waals surface area contributed by atoms with Crippen LogP contribution in [-0.4, -0.2) is 64.6 Å². The molecule has 0 spiro atoms. The second-order valence-corrected chi connectivity index (χ2v) is 5.68. The molecule has 1 fully saturated rings. The topological polar surface area (TPSA) is 70.5 Å². The molecule has 1 saturated heterocycles. The van der Waals surface area contributed by atoms with Gasteiger partial charge < -0.3 is 15.1 Å². The molecule has 0 aromatic carbocycles. The van der Waals surface area contributed by atoms with Crippen LogP contribution < -0.4 is 5.32 Å².